The summed E-state index contributed by atoms with van der Waals surface area (Å²) in [5, 5.41) is 0. The molecule has 17 heavy (non-hydrogen) atoms. The number of thioether (sulfide) groups is 1. The van der Waals surface area contributed by atoms with Crippen LogP contribution in [0.1, 0.15) is 24.8 Å². The molecule has 1 aliphatic heterocycles. The Morgan fingerprint density at radius 3 is 2.88 bits per heavy atom. The molecule has 0 N–H and O–H groups in total. The summed E-state index contributed by atoms with van der Waals surface area (Å²) in [6.07, 6.45) is 1.08. The van der Waals surface area contributed by atoms with Crippen molar-refractivity contribution in [2.45, 2.75) is 24.2 Å². The summed E-state index contributed by atoms with van der Waals surface area (Å²) in [6, 6.07) is 8.64. The molecule has 94 valence electrons. The Morgan fingerprint density at radius 1 is 1.18 bits per heavy atom. The summed E-state index contributed by atoms with van der Waals surface area (Å²) < 4.78 is 11.1. The lowest BCUT2D eigenvalue weighted by Gasteiger charge is -2.11. The molecule has 0 spiro atoms. The molecule has 1 unspecified atom stereocenters. The zero-order chi connectivity index (χ0) is 11.9. The maximum absolute atomic E-state index is 5.68. The maximum Gasteiger partial charge on any atom is 0.0700 e. The second kappa shape index (κ2) is 7.04. The van der Waals surface area contributed by atoms with Crippen LogP contribution >= 0.6 is 11.8 Å². The zero-order valence-corrected chi connectivity index (χ0v) is 11.2. The molecule has 0 bridgehead atoms. The molecular weight excluding hydrogens is 232 g/mol. The van der Waals surface area contributed by atoms with Gasteiger partial charge in [0.2, 0.25) is 0 Å². The molecule has 1 aromatic rings. The molecule has 0 saturated heterocycles. The Bertz CT molecular complexity index is 341. The molecule has 0 amide bonds. The highest BCUT2D eigenvalue weighted by Crippen LogP contribution is 2.39. The lowest BCUT2D eigenvalue weighted by molar-refractivity contribution is 0.0442. The van der Waals surface area contributed by atoms with Gasteiger partial charge in [0.1, 0.15) is 0 Å². The minimum absolute atomic E-state index is 0.558. The van der Waals surface area contributed by atoms with Gasteiger partial charge in [0, 0.05) is 23.2 Å². The molecule has 2 nitrogen and oxygen atoms in total. The highest BCUT2D eigenvalue weighted by atomic mass is 32.2. The van der Waals surface area contributed by atoms with Gasteiger partial charge in [-0.3, -0.25) is 0 Å². The van der Waals surface area contributed by atoms with Crippen LogP contribution in [0.15, 0.2) is 29.2 Å². The van der Waals surface area contributed by atoms with Crippen LogP contribution in [0.4, 0.5) is 0 Å². The molecule has 1 aromatic carbocycles. The minimum atomic E-state index is 0.558. The summed E-state index contributed by atoms with van der Waals surface area (Å²) in [5.74, 6) is 1.71. The molecule has 1 aliphatic rings. The van der Waals surface area contributed by atoms with Crippen LogP contribution in [0.5, 0.6) is 0 Å². The van der Waals surface area contributed by atoms with Crippen molar-refractivity contribution in [3.8, 4) is 0 Å². The van der Waals surface area contributed by atoms with E-state index in [-0.39, 0.29) is 0 Å². The molecule has 1 atom stereocenters. The fourth-order valence-corrected chi connectivity index (χ4v) is 3.19. The highest BCUT2D eigenvalue weighted by molar-refractivity contribution is 7.99. The Morgan fingerprint density at radius 2 is 2.00 bits per heavy atom. The van der Waals surface area contributed by atoms with E-state index in [1.807, 2.05) is 11.8 Å². The largest absolute Gasteiger partial charge is 0.379 e. The van der Waals surface area contributed by atoms with Gasteiger partial charge < -0.3 is 9.47 Å². The number of rotatable bonds is 7. The third-order valence-corrected chi connectivity index (χ3v) is 4.09. The van der Waals surface area contributed by atoms with Gasteiger partial charge in [-0.15, -0.1) is 11.8 Å². The van der Waals surface area contributed by atoms with Crippen LogP contribution in [0.2, 0.25) is 0 Å². The van der Waals surface area contributed by atoms with E-state index >= 15 is 0 Å². The summed E-state index contributed by atoms with van der Waals surface area (Å²) >= 11 is 1.94. The van der Waals surface area contributed by atoms with Crippen molar-refractivity contribution in [2.24, 2.45) is 0 Å². The fourth-order valence-electron chi connectivity index (χ4n) is 1.96. The number of benzene rings is 1. The van der Waals surface area contributed by atoms with Crippen molar-refractivity contribution < 1.29 is 9.47 Å². The first kappa shape index (κ1) is 12.9. The normalized spacial score (nSPS) is 18.3. The van der Waals surface area contributed by atoms with E-state index in [1.54, 1.807) is 0 Å². The van der Waals surface area contributed by atoms with E-state index in [1.165, 1.54) is 10.5 Å². The Kier molecular flexibility index (Phi) is 5.36. The van der Waals surface area contributed by atoms with Crippen LogP contribution in [0, 0.1) is 0 Å². The van der Waals surface area contributed by atoms with Gasteiger partial charge in [-0.25, -0.2) is 0 Å². The summed E-state index contributed by atoms with van der Waals surface area (Å²) in [7, 11) is 0. The second-order valence-corrected chi connectivity index (χ2v) is 5.29. The topological polar surface area (TPSA) is 18.5 Å². The van der Waals surface area contributed by atoms with Crippen molar-refractivity contribution in [2.75, 3.05) is 32.2 Å². The van der Waals surface area contributed by atoms with Crippen LogP contribution in [0.25, 0.3) is 0 Å². The monoisotopic (exact) mass is 252 g/mol. The zero-order valence-electron chi connectivity index (χ0n) is 10.4. The summed E-state index contributed by atoms with van der Waals surface area (Å²) in [5.41, 5.74) is 1.45. The van der Waals surface area contributed by atoms with Crippen molar-refractivity contribution in [3.05, 3.63) is 29.8 Å². The number of ether oxygens (including phenoxy) is 2. The molecule has 2 rings (SSSR count). The first-order valence-electron chi connectivity index (χ1n) is 6.29. The van der Waals surface area contributed by atoms with Gasteiger partial charge >= 0.3 is 0 Å². The third-order valence-electron chi connectivity index (χ3n) is 2.84. The van der Waals surface area contributed by atoms with Gasteiger partial charge in [-0.05, 0) is 18.1 Å². The van der Waals surface area contributed by atoms with E-state index in [4.69, 9.17) is 9.47 Å². The fraction of sp³-hybridized carbons (Fsp3) is 0.571. The third kappa shape index (κ3) is 3.73. The molecule has 1 heterocycles. The predicted molar refractivity (Wildman–Crippen MR) is 71.8 cm³/mol. The van der Waals surface area contributed by atoms with E-state index in [9.17, 15) is 0 Å². The average molecular weight is 252 g/mol. The predicted octanol–water partition coefficient (Wildman–Crippen LogP) is 3.32. The van der Waals surface area contributed by atoms with E-state index < -0.39 is 0 Å². The quantitative estimate of drug-likeness (QED) is 0.694. The van der Waals surface area contributed by atoms with Crippen molar-refractivity contribution in [1.29, 1.82) is 0 Å². The lowest BCUT2D eigenvalue weighted by Crippen LogP contribution is -2.11. The number of fused-ring (bicyclic) bond motifs is 1. The van der Waals surface area contributed by atoms with Gasteiger partial charge in [0.15, 0.2) is 0 Å². The number of hydrogen-bond acceptors (Lipinski definition) is 3. The van der Waals surface area contributed by atoms with Gasteiger partial charge in [-0.2, -0.15) is 0 Å². The molecule has 0 saturated carbocycles. The second-order valence-electron chi connectivity index (χ2n) is 4.23. The molecule has 0 aliphatic carbocycles. The Hall–Kier alpha value is -0.510. The van der Waals surface area contributed by atoms with Gasteiger partial charge in [0.05, 0.1) is 19.8 Å². The van der Waals surface area contributed by atoms with Crippen molar-refractivity contribution in [3.63, 3.8) is 0 Å². The van der Waals surface area contributed by atoms with E-state index in [0.29, 0.717) is 12.5 Å². The van der Waals surface area contributed by atoms with Crippen molar-refractivity contribution in [1.82, 2.24) is 0 Å². The van der Waals surface area contributed by atoms with Crippen molar-refractivity contribution >= 4 is 11.8 Å². The van der Waals surface area contributed by atoms with Crippen LogP contribution in [-0.4, -0.2) is 32.2 Å². The Labute approximate surface area is 108 Å². The molecule has 0 fully saturated rings. The molecule has 0 radical (unpaired) electrons. The van der Waals surface area contributed by atoms with Crippen LogP contribution in [0.3, 0.4) is 0 Å². The van der Waals surface area contributed by atoms with Gasteiger partial charge in [-0.1, -0.05) is 25.1 Å². The smallest absolute Gasteiger partial charge is 0.0700 e. The lowest BCUT2D eigenvalue weighted by atomic mass is 10.0. The summed E-state index contributed by atoms with van der Waals surface area (Å²) in [4.78, 5) is 1.42. The molecular formula is C14H20O2S. The van der Waals surface area contributed by atoms with Crippen LogP contribution in [-0.2, 0) is 9.47 Å². The van der Waals surface area contributed by atoms with Crippen LogP contribution < -0.4 is 0 Å². The molecule has 3 heteroatoms. The maximum atomic E-state index is 5.68. The van der Waals surface area contributed by atoms with Gasteiger partial charge in [0.25, 0.3) is 0 Å². The highest BCUT2D eigenvalue weighted by Gasteiger charge is 2.22. The molecule has 0 aromatic heterocycles. The van der Waals surface area contributed by atoms with E-state index in [2.05, 4.69) is 31.2 Å². The SMILES string of the molecule is CCCOCCOCC1CSc2ccccc21. The minimum Gasteiger partial charge on any atom is -0.379 e. The average Bonchev–Trinajstić information content (AvgIpc) is 2.77. The summed E-state index contributed by atoms with van der Waals surface area (Å²) in [6.45, 7) is 5.21. The standard InChI is InChI=1S/C14H20O2S/c1-2-7-15-8-9-16-10-12-11-17-14-6-4-3-5-13(12)14/h3-6,12H,2,7-11H2,1H3. The first-order chi connectivity index (χ1) is 8.42. The Balaban J connectivity index is 1.68. The first-order valence-corrected chi connectivity index (χ1v) is 7.27. The van der Waals surface area contributed by atoms with E-state index in [0.717, 1.165) is 32.0 Å². The number of hydrogen-bond donors (Lipinski definition) is 0.